The van der Waals surface area contributed by atoms with Crippen molar-refractivity contribution in [2.45, 2.75) is 6.61 Å². The van der Waals surface area contributed by atoms with Gasteiger partial charge in [0.1, 0.15) is 0 Å². The second kappa shape index (κ2) is 9.57. The Morgan fingerprint density at radius 3 is 2.32 bits per heavy atom. The Morgan fingerprint density at radius 2 is 1.75 bits per heavy atom. The number of alkyl halides is 2. The molecule has 0 fully saturated rings. The average Bonchev–Trinajstić information content (AvgIpc) is 2.64. The Kier molecular flexibility index (Phi) is 7.42. The summed E-state index contributed by atoms with van der Waals surface area (Å²) < 4.78 is 34.8. The normalized spacial score (nSPS) is 10.5. The highest BCUT2D eigenvalue weighted by atomic mass is 35.5. The number of hydrogen-bond donors (Lipinski definition) is 1. The number of anilines is 1. The van der Waals surface area contributed by atoms with Crippen LogP contribution in [0.2, 0.25) is 10.0 Å². The molecule has 1 N–H and O–H groups in total. The number of rotatable bonds is 7. The third-order valence-corrected chi connectivity index (χ3v) is 4.22. The van der Waals surface area contributed by atoms with Crippen molar-refractivity contribution in [3.8, 4) is 11.5 Å². The van der Waals surface area contributed by atoms with E-state index in [1.807, 2.05) is 0 Å². The van der Waals surface area contributed by atoms with E-state index in [1.54, 1.807) is 18.2 Å². The van der Waals surface area contributed by atoms with E-state index in [9.17, 15) is 18.4 Å². The zero-order valence-corrected chi connectivity index (χ0v) is 16.4. The molecule has 0 radical (unpaired) electrons. The van der Waals surface area contributed by atoms with E-state index in [0.29, 0.717) is 0 Å². The van der Waals surface area contributed by atoms with Crippen LogP contribution >= 0.6 is 23.2 Å². The maximum Gasteiger partial charge on any atom is 0.387 e. The van der Waals surface area contributed by atoms with Gasteiger partial charge in [0, 0.05) is 7.05 Å². The highest BCUT2D eigenvalue weighted by molar-refractivity contribution is 6.39. The summed E-state index contributed by atoms with van der Waals surface area (Å²) in [6.45, 7) is -3.54. The highest BCUT2D eigenvalue weighted by Crippen LogP contribution is 2.33. The molecule has 0 heterocycles. The smallest absolute Gasteiger partial charge is 0.387 e. The van der Waals surface area contributed by atoms with Crippen molar-refractivity contribution < 1.29 is 27.8 Å². The number of methoxy groups -OCH3 is 1. The van der Waals surface area contributed by atoms with Crippen molar-refractivity contribution in [1.82, 2.24) is 4.90 Å². The summed E-state index contributed by atoms with van der Waals surface area (Å²) in [6.07, 6.45) is 0. The van der Waals surface area contributed by atoms with E-state index in [0.717, 1.165) is 4.90 Å². The summed E-state index contributed by atoms with van der Waals surface area (Å²) in [7, 11) is 2.59. The zero-order chi connectivity index (χ0) is 20.8. The highest BCUT2D eigenvalue weighted by Gasteiger charge is 2.24. The molecule has 0 aromatic heterocycles. The minimum absolute atomic E-state index is 0.0353. The fraction of sp³-hybridized carbons (Fsp3) is 0.222. The monoisotopic (exact) mass is 432 g/mol. The lowest BCUT2D eigenvalue weighted by Crippen LogP contribution is -2.35. The van der Waals surface area contributed by atoms with Crippen LogP contribution in [0.15, 0.2) is 36.4 Å². The first-order chi connectivity index (χ1) is 13.2. The van der Waals surface area contributed by atoms with Gasteiger partial charge in [0.15, 0.2) is 11.5 Å². The first kappa shape index (κ1) is 21.7. The van der Waals surface area contributed by atoms with Crippen LogP contribution in [0.1, 0.15) is 10.4 Å². The summed E-state index contributed by atoms with van der Waals surface area (Å²) >= 11 is 12.0. The fourth-order valence-electron chi connectivity index (χ4n) is 2.34. The molecule has 2 rings (SSSR count). The molecule has 6 nitrogen and oxygen atoms in total. The Hall–Kier alpha value is -2.58. The number of benzene rings is 2. The standard InChI is InChI=1S/C18H16Cl2F2N2O4/c1-24(9-14(25)23-15-11(19)6-4-7-12(15)20)17(26)10-5-3-8-13(27-2)16(10)28-18(21)22/h3-8,18H,9H2,1-2H3,(H,23,25). The largest absolute Gasteiger partial charge is 0.493 e. The first-order valence-corrected chi connectivity index (χ1v) is 8.61. The summed E-state index contributed by atoms with van der Waals surface area (Å²) in [5.41, 5.74) is 0.0329. The van der Waals surface area contributed by atoms with E-state index in [4.69, 9.17) is 27.9 Å². The molecule has 0 saturated carbocycles. The number of nitrogens with zero attached hydrogens (tertiary/aromatic N) is 1. The number of ether oxygens (including phenoxy) is 2. The van der Waals surface area contributed by atoms with Crippen molar-refractivity contribution in [3.63, 3.8) is 0 Å². The van der Waals surface area contributed by atoms with Crippen LogP contribution in [-0.4, -0.2) is 44.0 Å². The summed E-state index contributed by atoms with van der Waals surface area (Å²) in [5, 5.41) is 2.98. The topological polar surface area (TPSA) is 67.9 Å². The molecule has 28 heavy (non-hydrogen) atoms. The number of para-hydroxylation sites is 2. The van der Waals surface area contributed by atoms with Crippen LogP contribution in [0.4, 0.5) is 14.5 Å². The van der Waals surface area contributed by atoms with Crippen molar-refractivity contribution in [3.05, 3.63) is 52.0 Å². The third-order valence-electron chi connectivity index (χ3n) is 3.59. The predicted octanol–water partition coefficient (Wildman–Crippen LogP) is 4.31. The average molecular weight is 433 g/mol. The van der Waals surface area contributed by atoms with Crippen LogP contribution in [-0.2, 0) is 4.79 Å². The Bertz CT molecular complexity index is 860. The Morgan fingerprint density at radius 1 is 1.14 bits per heavy atom. The van der Waals surface area contributed by atoms with E-state index < -0.39 is 24.2 Å². The van der Waals surface area contributed by atoms with Crippen LogP contribution < -0.4 is 14.8 Å². The second-order valence-corrected chi connectivity index (χ2v) is 6.34. The molecule has 0 unspecified atom stereocenters. The van der Waals surface area contributed by atoms with Gasteiger partial charge in [-0.1, -0.05) is 35.3 Å². The van der Waals surface area contributed by atoms with E-state index in [2.05, 4.69) is 10.1 Å². The molecule has 0 atom stereocenters. The van der Waals surface area contributed by atoms with Crippen molar-refractivity contribution in [2.24, 2.45) is 0 Å². The minimum atomic E-state index is -3.15. The molecule has 2 aromatic rings. The van der Waals surface area contributed by atoms with E-state index in [1.165, 1.54) is 32.4 Å². The summed E-state index contributed by atoms with van der Waals surface area (Å²) in [4.78, 5) is 25.9. The lowest BCUT2D eigenvalue weighted by molar-refractivity contribution is -0.116. The van der Waals surface area contributed by atoms with Crippen LogP contribution in [0, 0.1) is 0 Å². The molecule has 0 saturated heterocycles. The number of nitrogens with one attached hydrogen (secondary N) is 1. The molecular weight excluding hydrogens is 417 g/mol. The molecule has 0 aliphatic carbocycles. The molecule has 150 valence electrons. The van der Waals surface area contributed by atoms with Gasteiger partial charge in [0.2, 0.25) is 5.91 Å². The van der Waals surface area contributed by atoms with Crippen LogP contribution in [0.5, 0.6) is 11.5 Å². The van der Waals surface area contributed by atoms with Crippen molar-refractivity contribution in [2.75, 3.05) is 26.0 Å². The summed E-state index contributed by atoms with van der Waals surface area (Å²) in [6, 6.07) is 8.82. The Labute approximate surface area is 169 Å². The molecule has 0 spiro atoms. The molecule has 10 heteroatoms. The summed E-state index contributed by atoms with van der Waals surface area (Å²) in [5.74, 6) is -1.74. The maximum atomic E-state index is 12.7. The lowest BCUT2D eigenvalue weighted by Gasteiger charge is -2.20. The van der Waals surface area contributed by atoms with Crippen molar-refractivity contribution in [1.29, 1.82) is 0 Å². The van der Waals surface area contributed by atoms with Gasteiger partial charge in [-0.3, -0.25) is 9.59 Å². The van der Waals surface area contributed by atoms with Gasteiger partial charge in [0.05, 0.1) is 35.0 Å². The molecule has 2 aromatic carbocycles. The maximum absolute atomic E-state index is 12.7. The lowest BCUT2D eigenvalue weighted by atomic mass is 10.1. The molecule has 0 aliphatic heterocycles. The number of carbonyl (C=O) groups is 2. The first-order valence-electron chi connectivity index (χ1n) is 7.85. The molecule has 2 amide bonds. The van der Waals surface area contributed by atoms with Gasteiger partial charge in [-0.15, -0.1) is 0 Å². The fourth-order valence-corrected chi connectivity index (χ4v) is 2.84. The Balaban J connectivity index is 2.17. The van der Waals surface area contributed by atoms with E-state index >= 15 is 0 Å². The van der Waals surface area contributed by atoms with Crippen LogP contribution in [0.3, 0.4) is 0 Å². The number of likely N-dealkylation sites (N-methyl/N-ethyl adjacent to an activating group) is 1. The third kappa shape index (κ3) is 5.24. The zero-order valence-electron chi connectivity index (χ0n) is 14.8. The van der Waals surface area contributed by atoms with Crippen LogP contribution in [0.25, 0.3) is 0 Å². The van der Waals surface area contributed by atoms with Gasteiger partial charge in [0.25, 0.3) is 5.91 Å². The van der Waals surface area contributed by atoms with Gasteiger partial charge >= 0.3 is 6.61 Å². The predicted molar refractivity (Wildman–Crippen MR) is 102 cm³/mol. The van der Waals surface area contributed by atoms with Gasteiger partial charge in [-0.05, 0) is 24.3 Å². The van der Waals surface area contributed by atoms with Gasteiger partial charge in [-0.2, -0.15) is 8.78 Å². The quantitative estimate of drug-likeness (QED) is 0.707. The number of carbonyl (C=O) groups excluding carboxylic acids is 2. The number of amides is 2. The molecular formula is C18H16Cl2F2N2O4. The molecule has 0 bridgehead atoms. The van der Waals surface area contributed by atoms with Gasteiger partial charge in [-0.25, -0.2) is 0 Å². The van der Waals surface area contributed by atoms with Crippen molar-refractivity contribution >= 4 is 40.7 Å². The minimum Gasteiger partial charge on any atom is -0.493 e. The molecule has 0 aliphatic rings. The number of hydrogen-bond acceptors (Lipinski definition) is 4. The van der Waals surface area contributed by atoms with E-state index in [-0.39, 0.29) is 33.6 Å². The van der Waals surface area contributed by atoms with Gasteiger partial charge < -0.3 is 19.7 Å². The number of halogens is 4. The second-order valence-electron chi connectivity index (χ2n) is 5.52. The SMILES string of the molecule is COc1cccc(C(=O)N(C)CC(=O)Nc2c(Cl)cccc2Cl)c1OC(F)F.